The first kappa shape index (κ1) is 14.9. The molecule has 1 aromatic rings. The summed E-state index contributed by atoms with van der Waals surface area (Å²) in [5, 5.41) is 0. The second-order valence-electron chi connectivity index (χ2n) is 3.13. The molecule has 0 saturated heterocycles. The Morgan fingerprint density at radius 2 is 1.95 bits per heavy atom. The normalized spacial score (nSPS) is 11.5. The van der Waals surface area contributed by atoms with Gasteiger partial charge in [-0.05, 0) is 0 Å². The molecule has 0 fully saturated rings. The predicted octanol–water partition coefficient (Wildman–Crippen LogP) is 2.00. The molecule has 0 aromatic carbocycles. The maximum atomic E-state index is 12.6. The van der Waals surface area contributed by atoms with Gasteiger partial charge in [-0.25, -0.2) is 13.6 Å². The molecule has 0 atom stereocenters. The third-order valence-corrected chi connectivity index (χ3v) is 1.90. The number of carbonyl (C=O) groups excluding carboxylic acids is 1. The number of rotatable bonds is 3. The number of pyridine rings is 1. The highest BCUT2D eigenvalue weighted by Crippen LogP contribution is 2.25. The van der Waals surface area contributed by atoms with Crippen LogP contribution in [0.2, 0.25) is 0 Å². The number of hydrogen-bond acceptors (Lipinski definition) is 4. The minimum Gasteiger partial charge on any atom is -0.465 e. The minimum atomic E-state index is -5.15. The van der Waals surface area contributed by atoms with Gasteiger partial charge in [-0.2, -0.15) is 0 Å². The van der Waals surface area contributed by atoms with Crippen molar-refractivity contribution >= 4 is 5.97 Å². The number of aromatic amines is 1. The second kappa shape index (κ2) is 5.24. The predicted molar refractivity (Wildman–Crippen MR) is 50.0 cm³/mol. The van der Waals surface area contributed by atoms with E-state index in [2.05, 4.69) is 9.47 Å². The number of aromatic nitrogens is 1. The van der Waals surface area contributed by atoms with E-state index in [0.717, 1.165) is 7.11 Å². The van der Waals surface area contributed by atoms with Crippen LogP contribution in [0.4, 0.5) is 22.0 Å². The van der Waals surface area contributed by atoms with Gasteiger partial charge in [-0.1, -0.05) is 0 Å². The van der Waals surface area contributed by atoms with Gasteiger partial charge in [0, 0.05) is 6.07 Å². The summed E-state index contributed by atoms with van der Waals surface area (Å²) >= 11 is 0. The number of halogens is 5. The lowest BCUT2D eigenvalue weighted by Gasteiger charge is -2.11. The van der Waals surface area contributed by atoms with Crippen LogP contribution in [-0.2, 0) is 4.74 Å². The molecule has 1 aromatic heterocycles. The monoisotopic (exact) mass is 287 g/mol. The third kappa shape index (κ3) is 3.66. The molecule has 1 rings (SSSR count). The van der Waals surface area contributed by atoms with Crippen molar-refractivity contribution in [2.24, 2.45) is 0 Å². The Balaban J connectivity index is 3.39. The zero-order valence-corrected chi connectivity index (χ0v) is 9.18. The highest BCUT2D eigenvalue weighted by Gasteiger charge is 2.33. The SMILES string of the molecule is COC(=O)c1cc(OC(F)(F)F)[nH]c(=O)c1C(F)F. The van der Waals surface area contributed by atoms with Crippen molar-refractivity contribution in [1.82, 2.24) is 4.98 Å². The maximum absolute atomic E-state index is 12.6. The molecule has 0 aliphatic rings. The minimum absolute atomic E-state index is 0.322. The fraction of sp³-hybridized carbons (Fsp3) is 0.333. The van der Waals surface area contributed by atoms with Crippen molar-refractivity contribution in [3.05, 3.63) is 27.5 Å². The van der Waals surface area contributed by atoms with E-state index >= 15 is 0 Å². The average Bonchev–Trinajstić information content (AvgIpc) is 2.24. The summed E-state index contributed by atoms with van der Waals surface area (Å²) in [6, 6.07) is 0.322. The van der Waals surface area contributed by atoms with Crippen molar-refractivity contribution < 1.29 is 36.2 Å². The van der Waals surface area contributed by atoms with Gasteiger partial charge >= 0.3 is 12.3 Å². The number of methoxy groups -OCH3 is 1. The Labute approximate surface area is 101 Å². The number of H-pyrrole nitrogens is 1. The van der Waals surface area contributed by atoms with E-state index in [9.17, 15) is 31.5 Å². The largest absolute Gasteiger partial charge is 0.574 e. The van der Waals surface area contributed by atoms with Crippen LogP contribution in [-0.4, -0.2) is 24.4 Å². The zero-order valence-electron chi connectivity index (χ0n) is 9.18. The van der Waals surface area contributed by atoms with E-state index in [1.54, 1.807) is 0 Å². The Morgan fingerprint density at radius 1 is 1.37 bits per heavy atom. The molecule has 1 heterocycles. The molecule has 0 aliphatic carbocycles. The van der Waals surface area contributed by atoms with Crippen LogP contribution in [0, 0.1) is 0 Å². The summed E-state index contributed by atoms with van der Waals surface area (Å²) in [7, 11) is 0.822. The molecule has 106 valence electrons. The zero-order chi connectivity index (χ0) is 14.8. The van der Waals surface area contributed by atoms with Crippen LogP contribution in [0.15, 0.2) is 10.9 Å². The van der Waals surface area contributed by atoms with Crippen molar-refractivity contribution in [3.8, 4) is 5.88 Å². The standard InChI is InChI=1S/C9H6F5NO4/c1-18-8(17)3-2-4(19-9(12,13)14)15-7(16)5(3)6(10)11/h2,6H,1H3,(H,15,16). The lowest BCUT2D eigenvalue weighted by atomic mass is 10.1. The average molecular weight is 287 g/mol. The lowest BCUT2D eigenvalue weighted by Crippen LogP contribution is -2.24. The number of esters is 1. The van der Waals surface area contributed by atoms with Gasteiger partial charge in [0.25, 0.3) is 12.0 Å². The van der Waals surface area contributed by atoms with E-state index in [4.69, 9.17) is 0 Å². The van der Waals surface area contributed by atoms with Crippen LogP contribution in [0.1, 0.15) is 22.3 Å². The first-order valence-electron chi connectivity index (χ1n) is 4.55. The van der Waals surface area contributed by atoms with Crippen LogP contribution in [0.3, 0.4) is 0 Å². The summed E-state index contributed by atoms with van der Waals surface area (Å²) in [5.74, 6) is -2.57. The van der Waals surface area contributed by atoms with Gasteiger partial charge in [0.2, 0.25) is 5.88 Å². The maximum Gasteiger partial charge on any atom is 0.574 e. The molecule has 0 bridgehead atoms. The van der Waals surface area contributed by atoms with Crippen LogP contribution in [0.5, 0.6) is 5.88 Å². The van der Waals surface area contributed by atoms with Crippen molar-refractivity contribution in [1.29, 1.82) is 0 Å². The first-order chi connectivity index (χ1) is 8.65. The highest BCUT2D eigenvalue weighted by molar-refractivity contribution is 5.91. The number of hydrogen-bond donors (Lipinski definition) is 1. The second-order valence-corrected chi connectivity index (χ2v) is 3.13. The number of nitrogens with one attached hydrogen (secondary N) is 1. The molecule has 19 heavy (non-hydrogen) atoms. The van der Waals surface area contributed by atoms with Gasteiger partial charge < -0.3 is 9.47 Å². The van der Waals surface area contributed by atoms with Gasteiger partial charge in [-0.3, -0.25) is 9.78 Å². The van der Waals surface area contributed by atoms with E-state index in [-0.39, 0.29) is 0 Å². The van der Waals surface area contributed by atoms with Gasteiger partial charge in [0.1, 0.15) is 0 Å². The Hall–Kier alpha value is -2.13. The molecule has 1 N–H and O–H groups in total. The van der Waals surface area contributed by atoms with Crippen molar-refractivity contribution in [3.63, 3.8) is 0 Å². The summed E-state index contributed by atoms with van der Waals surface area (Å²) in [6.45, 7) is 0. The van der Waals surface area contributed by atoms with E-state index in [0.29, 0.717) is 6.07 Å². The summed E-state index contributed by atoms with van der Waals surface area (Å²) in [4.78, 5) is 23.8. The molecular formula is C9H6F5NO4. The first-order valence-corrected chi connectivity index (χ1v) is 4.55. The number of carbonyl (C=O) groups is 1. The van der Waals surface area contributed by atoms with Gasteiger partial charge in [0.15, 0.2) is 0 Å². The third-order valence-electron chi connectivity index (χ3n) is 1.90. The molecular weight excluding hydrogens is 281 g/mol. The van der Waals surface area contributed by atoms with E-state index in [1.807, 2.05) is 0 Å². The highest BCUT2D eigenvalue weighted by atomic mass is 19.4. The molecule has 5 nitrogen and oxygen atoms in total. The molecule has 0 amide bonds. The molecule has 0 spiro atoms. The van der Waals surface area contributed by atoms with E-state index in [1.165, 1.54) is 4.98 Å². The smallest absolute Gasteiger partial charge is 0.465 e. The summed E-state index contributed by atoms with van der Waals surface area (Å²) < 4.78 is 68.4. The lowest BCUT2D eigenvalue weighted by molar-refractivity contribution is -0.276. The fourth-order valence-corrected chi connectivity index (χ4v) is 1.22. The molecule has 10 heteroatoms. The summed E-state index contributed by atoms with van der Waals surface area (Å²) in [5.41, 5.74) is -3.86. The molecule has 0 radical (unpaired) electrons. The van der Waals surface area contributed by atoms with E-state index < -0.39 is 41.3 Å². The van der Waals surface area contributed by atoms with Gasteiger partial charge in [0.05, 0.1) is 18.2 Å². The number of alkyl halides is 5. The van der Waals surface area contributed by atoms with Gasteiger partial charge in [-0.15, -0.1) is 13.2 Å². The van der Waals surface area contributed by atoms with Crippen LogP contribution in [0.25, 0.3) is 0 Å². The van der Waals surface area contributed by atoms with Crippen LogP contribution < -0.4 is 10.3 Å². The quantitative estimate of drug-likeness (QED) is 0.682. The topological polar surface area (TPSA) is 68.4 Å². The Bertz CT molecular complexity index is 536. The molecule has 0 unspecified atom stereocenters. The number of ether oxygens (including phenoxy) is 2. The Kier molecular flexibility index (Phi) is 4.12. The summed E-state index contributed by atoms with van der Waals surface area (Å²) in [6.07, 6.45) is -8.51. The van der Waals surface area contributed by atoms with Crippen LogP contribution >= 0.6 is 0 Å². The van der Waals surface area contributed by atoms with Crippen molar-refractivity contribution in [2.75, 3.05) is 7.11 Å². The molecule has 0 aliphatic heterocycles. The molecule has 0 saturated carbocycles. The van der Waals surface area contributed by atoms with Crippen molar-refractivity contribution in [2.45, 2.75) is 12.8 Å². The Morgan fingerprint density at radius 3 is 2.37 bits per heavy atom. The fourth-order valence-electron chi connectivity index (χ4n) is 1.22.